The molecule has 0 unspecified atom stereocenters. The maximum absolute atomic E-state index is 10.8. The van der Waals surface area contributed by atoms with Gasteiger partial charge in [0, 0.05) is 6.07 Å². The monoisotopic (exact) mass is 298 g/mol. The Balaban J connectivity index is 2.27. The van der Waals surface area contributed by atoms with E-state index in [0.29, 0.717) is 11.0 Å². The second kappa shape index (κ2) is 4.74. The molecule has 2 rings (SSSR count). The van der Waals surface area contributed by atoms with E-state index >= 15 is 0 Å². The molecule has 0 atom stereocenters. The van der Waals surface area contributed by atoms with Crippen molar-refractivity contribution < 1.29 is 4.92 Å². The van der Waals surface area contributed by atoms with Crippen molar-refractivity contribution in [3.05, 3.63) is 38.3 Å². The number of benzene rings is 1. The Morgan fingerprint density at radius 3 is 2.65 bits per heavy atom. The molecule has 0 saturated heterocycles. The van der Waals surface area contributed by atoms with Crippen LogP contribution in [0, 0.1) is 15.5 Å². The van der Waals surface area contributed by atoms with E-state index in [-0.39, 0.29) is 16.0 Å². The van der Waals surface area contributed by atoms with E-state index in [1.54, 1.807) is 6.07 Å². The first-order valence-corrected chi connectivity index (χ1v) is 6.49. The molecule has 0 aromatic heterocycles. The number of nitrogens with two attached hydrogens (primary N) is 1. The minimum absolute atomic E-state index is 0.133. The highest BCUT2D eigenvalue weighted by Crippen LogP contribution is 2.44. The molecule has 2 N–H and O–H groups in total. The molecule has 1 fully saturated rings. The molecule has 0 bridgehead atoms. The molecule has 1 aromatic rings. The average Bonchev–Trinajstić information content (AvgIpc) is 2.25. The van der Waals surface area contributed by atoms with Crippen molar-refractivity contribution in [2.45, 2.75) is 25.7 Å². The summed E-state index contributed by atoms with van der Waals surface area (Å²) in [6, 6.07) is 5.19. The van der Waals surface area contributed by atoms with E-state index in [1.807, 2.05) is 6.07 Å². The molecule has 5 heteroatoms. The molecule has 0 spiro atoms. The quantitative estimate of drug-likeness (QED) is 0.686. The van der Waals surface area contributed by atoms with Crippen LogP contribution >= 0.6 is 15.9 Å². The highest BCUT2D eigenvalue weighted by atomic mass is 79.9. The molecule has 92 valence electrons. The first kappa shape index (κ1) is 12.5. The van der Waals surface area contributed by atoms with Crippen LogP contribution in [-0.4, -0.2) is 11.5 Å². The predicted molar refractivity (Wildman–Crippen MR) is 69.8 cm³/mol. The van der Waals surface area contributed by atoms with Crippen molar-refractivity contribution in [2.24, 2.45) is 11.1 Å². The smallest absolute Gasteiger partial charge is 0.283 e. The SMILES string of the molecule is NCC1(Cc2cccc([N+](=O)[O-])c2Br)CCC1. The number of nitro groups is 1. The van der Waals surface area contributed by atoms with Crippen LogP contribution < -0.4 is 5.73 Å². The van der Waals surface area contributed by atoms with Gasteiger partial charge in [-0.3, -0.25) is 10.1 Å². The van der Waals surface area contributed by atoms with Crippen LogP contribution in [0.1, 0.15) is 24.8 Å². The van der Waals surface area contributed by atoms with E-state index in [4.69, 9.17) is 5.73 Å². The zero-order valence-corrected chi connectivity index (χ0v) is 11.1. The van der Waals surface area contributed by atoms with Crippen LogP contribution in [0.15, 0.2) is 22.7 Å². The molecule has 0 radical (unpaired) electrons. The van der Waals surface area contributed by atoms with Crippen molar-refractivity contribution in [2.75, 3.05) is 6.54 Å². The van der Waals surface area contributed by atoms with Crippen molar-refractivity contribution in [3.63, 3.8) is 0 Å². The zero-order valence-electron chi connectivity index (χ0n) is 9.49. The Labute approximate surface area is 108 Å². The normalized spacial score (nSPS) is 17.5. The Morgan fingerprint density at radius 1 is 1.47 bits per heavy atom. The Bertz CT molecular complexity index is 439. The Kier molecular flexibility index (Phi) is 3.49. The number of nitro benzene ring substituents is 1. The summed E-state index contributed by atoms with van der Waals surface area (Å²) in [7, 11) is 0. The second-order valence-electron chi connectivity index (χ2n) is 4.74. The fraction of sp³-hybridized carbons (Fsp3) is 0.500. The Hall–Kier alpha value is -0.940. The van der Waals surface area contributed by atoms with Gasteiger partial charge < -0.3 is 5.73 Å². The van der Waals surface area contributed by atoms with Gasteiger partial charge >= 0.3 is 0 Å². The van der Waals surface area contributed by atoms with Crippen LogP contribution in [-0.2, 0) is 6.42 Å². The molecule has 0 amide bonds. The lowest BCUT2D eigenvalue weighted by Crippen LogP contribution is -2.39. The van der Waals surface area contributed by atoms with Crippen LogP contribution in [0.5, 0.6) is 0 Å². The van der Waals surface area contributed by atoms with Gasteiger partial charge in [-0.2, -0.15) is 0 Å². The molecule has 4 nitrogen and oxygen atoms in total. The van der Waals surface area contributed by atoms with Gasteiger partial charge in [-0.15, -0.1) is 0 Å². The van der Waals surface area contributed by atoms with E-state index < -0.39 is 0 Å². The summed E-state index contributed by atoms with van der Waals surface area (Å²) in [5.74, 6) is 0. The zero-order chi connectivity index (χ0) is 12.5. The molecule has 0 heterocycles. The summed E-state index contributed by atoms with van der Waals surface area (Å²) in [6.07, 6.45) is 4.28. The summed E-state index contributed by atoms with van der Waals surface area (Å²) in [4.78, 5) is 10.5. The summed E-state index contributed by atoms with van der Waals surface area (Å²) in [6.45, 7) is 0.655. The van der Waals surface area contributed by atoms with Crippen LogP contribution in [0.25, 0.3) is 0 Å². The number of nitrogens with zero attached hydrogens (tertiary/aromatic N) is 1. The molecule has 1 aliphatic carbocycles. The third-order valence-corrected chi connectivity index (χ3v) is 4.58. The van der Waals surface area contributed by atoms with E-state index in [9.17, 15) is 10.1 Å². The van der Waals surface area contributed by atoms with Crippen molar-refractivity contribution in [3.8, 4) is 0 Å². The average molecular weight is 299 g/mol. The van der Waals surface area contributed by atoms with E-state index in [2.05, 4.69) is 15.9 Å². The minimum Gasteiger partial charge on any atom is -0.330 e. The maximum atomic E-state index is 10.8. The third-order valence-electron chi connectivity index (χ3n) is 3.67. The lowest BCUT2D eigenvalue weighted by molar-refractivity contribution is -0.385. The maximum Gasteiger partial charge on any atom is 0.283 e. The highest BCUT2D eigenvalue weighted by Gasteiger charge is 2.36. The second-order valence-corrected chi connectivity index (χ2v) is 5.53. The summed E-state index contributed by atoms with van der Waals surface area (Å²) < 4.78 is 0.602. The summed E-state index contributed by atoms with van der Waals surface area (Å²) in [5.41, 5.74) is 7.10. The topological polar surface area (TPSA) is 69.2 Å². The van der Waals surface area contributed by atoms with E-state index in [1.165, 1.54) is 12.5 Å². The van der Waals surface area contributed by atoms with Gasteiger partial charge in [0.15, 0.2) is 0 Å². The van der Waals surface area contributed by atoms with Crippen molar-refractivity contribution in [1.82, 2.24) is 0 Å². The van der Waals surface area contributed by atoms with Gasteiger partial charge in [-0.05, 0) is 52.7 Å². The number of rotatable bonds is 4. The highest BCUT2D eigenvalue weighted by molar-refractivity contribution is 9.10. The molecule has 0 aliphatic heterocycles. The fourth-order valence-corrected chi connectivity index (χ4v) is 2.93. The molecular formula is C12H15BrN2O2. The lowest BCUT2D eigenvalue weighted by atomic mass is 9.65. The number of halogens is 1. The summed E-state index contributed by atoms with van der Waals surface area (Å²) >= 11 is 3.33. The van der Waals surface area contributed by atoms with Gasteiger partial charge in [-0.1, -0.05) is 18.6 Å². The van der Waals surface area contributed by atoms with Crippen molar-refractivity contribution >= 4 is 21.6 Å². The first-order valence-electron chi connectivity index (χ1n) is 5.70. The van der Waals surface area contributed by atoms with Crippen LogP contribution in [0.3, 0.4) is 0 Å². The van der Waals surface area contributed by atoms with Gasteiger partial charge in [-0.25, -0.2) is 0 Å². The third kappa shape index (κ3) is 2.35. The van der Waals surface area contributed by atoms with Crippen molar-refractivity contribution in [1.29, 1.82) is 0 Å². The number of hydrogen-bond donors (Lipinski definition) is 1. The molecule has 1 aliphatic rings. The molecule has 1 aromatic carbocycles. The van der Waals surface area contributed by atoms with Gasteiger partial charge in [0.25, 0.3) is 5.69 Å². The number of hydrogen-bond acceptors (Lipinski definition) is 3. The lowest BCUT2D eigenvalue weighted by Gasteiger charge is -2.41. The fourth-order valence-electron chi connectivity index (χ4n) is 2.38. The van der Waals surface area contributed by atoms with Crippen LogP contribution in [0.2, 0.25) is 0 Å². The molecule has 17 heavy (non-hydrogen) atoms. The van der Waals surface area contributed by atoms with Gasteiger partial charge in [0.05, 0.1) is 9.40 Å². The first-order chi connectivity index (χ1) is 8.08. The minimum atomic E-state index is -0.358. The van der Waals surface area contributed by atoms with E-state index in [0.717, 1.165) is 24.8 Å². The van der Waals surface area contributed by atoms with Gasteiger partial charge in [0.2, 0.25) is 0 Å². The summed E-state index contributed by atoms with van der Waals surface area (Å²) in [5, 5.41) is 10.8. The molecule has 1 saturated carbocycles. The Morgan fingerprint density at radius 2 is 2.18 bits per heavy atom. The van der Waals surface area contributed by atoms with Gasteiger partial charge in [0.1, 0.15) is 0 Å². The van der Waals surface area contributed by atoms with Crippen LogP contribution in [0.4, 0.5) is 5.69 Å². The largest absolute Gasteiger partial charge is 0.330 e. The predicted octanol–water partition coefficient (Wildman–Crippen LogP) is 3.03. The standard InChI is InChI=1S/C12H15BrN2O2/c13-11-9(3-1-4-10(11)15(16)17)7-12(8-14)5-2-6-12/h1,3-4H,2,5-8,14H2. The molecular weight excluding hydrogens is 284 g/mol.